The van der Waals surface area contributed by atoms with E-state index in [0.717, 1.165) is 24.2 Å². The van der Waals surface area contributed by atoms with Crippen molar-refractivity contribution in [3.05, 3.63) is 132 Å². The molecule has 0 fully saturated rings. The smallest absolute Gasteiger partial charge is 0.261 e. The Hall–Kier alpha value is -1.66. The fourth-order valence-electron chi connectivity index (χ4n) is 2.62. The molecule has 4 aromatic rings. The third kappa shape index (κ3) is 9.02. The maximum Gasteiger partial charge on any atom is 3.00 e. The predicted molar refractivity (Wildman–Crippen MR) is 118 cm³/mol. The summed E-state index contributed by atoms with van der Waals surface area (Å²) in [7, 11) is 0. The van der Waals surface area contributed by atoms with E-state index in [1.54, 1.807) is 0 Å². The molecular formula is C24H22N2Sn2+6. The summed E-state index contributed by atoms with van der Waals surface area (Å²) in [4.78, 5) is 8.55. The molecule has 2 nitrogen and oxygen atoms in total. The average molecular weight is 576 g/mol. The minimum atomic E-state index is 0. The standard InChI is InChI=1S/2C12H11N.2Sn/c2*1-2-6-11(7-3-1)10-12-8-4-5-9-13-12;;/h2*1-9H,10H2;;/q;;2*+3. The van der Waals surface area contributed by atoms with Gasteiger partial charge in [-0.2, -0.15) is 0 Å². The molecule has 0 amide bonds. The Morgan fingerprint density at radius 2 is 0.786 bits per heavy atom. The molecule has 0 aliphatic rings. The number of pyridine rings is 2. The molecule has 0 unspecified atom stereocenters. The maximum atomic E-state index is 4.27. The molecule has 0 atom stereocenters. The van der Waals surface area contributed by atoms with Gasteiger partial charge in [0.2, 0.25) is 0 Å². The van der Waals surface area contributed by atoms with Gasteiger partial charge in [0.05, 0.1) is 0 Å². The Morgan fingerprint density at radius 3 is 1.11 bits per heavy atom. The van der Waals surface area contributed by atoms with E-state index in [1.807, 2.05) is 60.9 Å². The second-order valence-corrected chi connectivity index (χ2v) is 5.97. The topological polar surface area (TPSA) is 25.8 Å². The number of benzene rings is 2. The van der Waals surface area contributed by atoms with Crippen molar-refractivity contribution in [2.24, 2.45) is 0 Å². The van der Waals surface area contributed by atoms with E-state index in [4.69, 9.17) is 0 Å². The molecule has 4 heteroatoms. The minimum Gasteiger partial charge on any atom is -0.261 e. The molecule has 0 spiro atoms. The van der Waals surface area contributed by atoms with Gasteiger partial charge in [0.15, 0.2) is 0 Å². The van der Waals surface area contributed by atoms with Crippen molar-refractivity contribution >= 4 is 47.8 Å². The van der Waals surface area contributed by atoms with Crippen molar-refractivity contribution in [2.45, 2.75) is 12.8 Å². The van der Waals surface area contributed by atoms with Gasteiger partial charge in [-0.05, 0) is 35.4 Å². The van der Waals surface area contributed by atoms with Gasteiger partial charge in [-0.25, -0.2) is 0 Å². The van der Waals surface area contributed by atoms with Crippen LogP contribution < -0.4 is 0 Å². The molecule has 0 aliphatic carbocycles. The van der Waals surface area contributed by atoms with Crippen molar-refractivity contribution in [3.8, 4) is 0 Å². The Bertz CT molecular complexity index is 719. The second-order valence-electron chi connectivity index (χ2n) is 5.97. The molecule has 0 saturated carbocycles. The minimum absolute atomic E-state index is 0. The van der Waals surface area contributed by atoms with Crippen LogP contribution in [0.15, 0.2) is 109 Å². The molecule has 130 valence electrons. The first-order valence-corrected chi connectivity index (χ1v) is 8.78. The zero-order valence-electron chi connectivity index (χ0n) is 15.7. The predicted octanol–water partition coefficient (Wildman–Crippen LogP) is 4.58. The van der Waals surface area contributed by atoms with E-state index in [-0.39, 0.29) is 47.8 Å². The number of rotatable bonds is 4. The molecule has 4 rings (SSSR count). The van der Waals surface area contributed by atoms with Crippen molar-refractivity contribution < 1.29 is 0 Å². The van der Waals surface area contributed by atoms with Gasteiger partial charge in [0.1, 0.15) is 0 Å². The van der Waals surface area contributed by atoms with Crippen LogP contribution in [-0.2, 0) is 12.8 Å². The molecule has 0 saturated heterocycles. The van der Waals surface area contributed by atoms with E-state index in [1.165, 1.54) is 11.1 Å². The summed E-state index contributed by atoms with van der Waals surface area (Å²) in [6.07, 6.45) is 5.50. The zero-order valence-corrected chi connectivity index (χ0v) is 21.4. The van der Waals surface area contributed by atoms with Gasteiger partial charge in [-0.15, -0.1) is 0 Å². The van der Waals surface area contributed by atoms with Gasteiger partial charge in [0.25, 0.3) is 0 Å². The van der Waals surface area contributed by atoms with Crippen molar-refractivity contribution in [3.63, 3.8) is 0 Å². The summed E-state index contributed by atoms with van der Waals surface area (Å²) < 4.78 is 0. The zero-order chi connectivity index (χ0) is 17.9. The van der Waals surface area contributed by atoms with Crippen LogP contribution in [0.4, 0.5) is 0 Å². The molecule has 2 heterocycles. The van der Waals surface area contributed by atoms with Crippen LogP contribution in [0.3, 0.4) is 0 Å². The Balaban J connectivity index is 0.000000261. The largest absolute Gasteiger partial charge is 3.00 e. The Labute approximate surface area is 201 Å². The van der Waals surface area contributed by atoms with Crippen LogP contribution in [0.2, 0.25) is 0 Å². The van der Waals surface area contributed by atoms with Gasteiger partial charge in [-0.1, -0.05) is 72.8 Å². The number of hydrogen-bond donors (Lipinski definition) is 0. The van der Waals surface area contributed by atoms with Crippen molar-refractivity contribution in [1.29, 1.82) is 0 Å². The summed E-state index contributed by atoms with van der Waals surface area (Å²) in [6.45, 7) is 0. The molecule has 0 N–H and O–H groups in total. The van der Waals surface area contributed by atoms with Gasteiger partial charge in [0, 0.05) is 36.6 Å². The number of nitrogens with zero attached hydrogens (tertiary/aromatic N) is 2. The van der Waals surface area contributed by atoms with Crippen LogP contribution in [0.5, 0.6) is 0 Å². The molecular weight excluding hydrogens is 554 g/mol. The third-order valence-electron chi connectivity index (χ3n) is 3.91. The number of hydrogen-bond acceptors (Lipinski definition) is 2. The third-order valence-corrected chi connectivity index (χ3v) is 3.91. The molecule has 2 aromatic heterocycles. The molecule has 2 aromatic carbocycles. The summed E-state index contributed by atoms with van der Waals surface area (Å²) in [5, 5.41) is 0. The Kier molecular flexibility index (Phi) is 12.5. The molecule has 0 bridgehead atoms. The van der Waals surface area contributed by atoms with Crippen molar-refractivity contribution in [1.82, 2.24) is 9.97 Å². The maximum absolute atomic E-state index is 4.27. The fraction of sp³-hybridized carbons (Fsp3) is 0.0833. The summed E-state index contributed by atoms with van der Waals surface area (Å²) >= 11 is 0. The van der Waals surface area contributed by atoms with Crippen LogP contribution in [0.1, 0.15) is 22.5 Å². The van der Waals surface area contributed by atoms with Crippen LogP contribution >= 0.6 is 0 Å². The van der Waals surface area contributed by atoms with Crippen LogP contribution in [0.25, 0.3) is 0 Å². The molecule has 2 radical (unpaired) electrons. The van der Waals surface area contributed by atoms with Gasteiger partial charge < -0.3 is 0 Å². The van der Waals surface area contributed by atoms with E-state index in [9.17, 15) is 0 Å². The first kappa shape index (κ1) is 24.4. The Morgan fingerprint density at radius 1 is 0.429 bits per heavy atom. The quantitative estimate of drug-likeness (QED) is 0.333. The molecule has 28 heavy (non-hydrogen) atoms. The SMILES string of the molecule is [Sn+3].[Sn+3].c1ccc(Cc2ccccn2)cc1.c1ccc(Cc2ccccn2)cc1. The summed E-state index contributed by atoms with van der Waals surface area (Å²) in [5.41, 5.74) is 4.85. The first-order valence-electron chi connectivity index (χ1n) is 8.78. The van der Waals surface area contributed by atoms with Gasteiger partial charge >= 0.3 is 47.8 Å². The van der Waals surface area contributed by atoms with Crippen LogP contribution in [-0.4, -0.2) is 57.8 Å². The van der Waals surface area contributed by atoms with Crippen LogP contribution in [0, 0.1) is 0 Å². The van der Waals surface area contributed by atoms with E-state index < -0.39 is 0 Å². The number of aromatic nitrogens is 2. The van der Waals surface area contributed by atoms with E-state index in [2.05, 4.69) is 58.5 Å². The average Bonchev–Trinajstić information content (AvgIpc) is 2.72. The van der Waals surface area contributed by atoms with E-state index >= 15 is 0 Å². The molecule has 0 aliphatic heterocycles. The summed E-state index contributed by atoms with van der Waals surface area (Å²) in [6, 6.07) is 32.8. The first-order chi connectivity index (χ1) is 12.9. The van der Waals surface area contributed by atoms with Crippen molar-refractivity contribution in [2.75, 3.05) is 0 Å². The van der Waals surface area contributed by atoms with Gasteiger partial charge in [-0.3, -0.25) is 9.97 Å². The van der Waals surface area contributed by atoms with E-state index in [0.29, 0.717) is 0 Å². The fourth-order valence-corrected chi connectivity index (χ4v) is 2.62. The normalized spacial score (nSPS) is 9.14. The monoisotopic (exact) mass is 578 g/mol. The summed E-state index contributed by atoms with van der Waals surface area (Å²) in [5.74, 6) is 0. The second kappa shape index (κ2) is 14.4.